The molecular formula is C12H17ClN2O3S. The van der Waals surface area contributed by atoms with E-state index in [1.165, 1.54) is 24.3 Å². The molecule has 0 saturated heterocycles. The Morgan fingerprint density at radius 3 is 2.32 bits per heavy atom. The number of sulfone groups is 1. The van der Waals surface area contributed by atoms with E-state index in [4.69, 9.17) is 17.3 Å². The quantitative estimate of drug-likeness (QED) is 0.848. The van der Waals surface area contributed by atoms with Crippen molar-refractivity contribution in [3.8, 4) is 0 Å². The van der Waals surface area contributed by atoms with E-state index in [2.05, 4.69) is 5.32 Å². The predicted octanol–water partition coefficient (Wildman–Crippen LogP) is 0.967. The first-order valence-corrected chi connectivity index (χ1v) is 7.71. The van der Waals surface area contributed by atoms with Gasteiger partial charge in [0.25, 0.3) is 0 Å². The molecule has 0 fully saturated rings. The first-order chi connectivity index (χ1) is 8.63. The fourth-order valence-electron chi connectivity index (χ4n) is 1.29. The molecule has 0 unspecified atom stereocenters. The maximum atomic E-state index is 11.9. The van der Waals surface area contributed by atoms with Gasteiger partial charge in [-0.05, 0) is 38.1 Å². The van der Waals surface area contributed by atoms with Crippen LogP contribution >= 0.6 is 11.6 Å². The van der Waals surface area contributed by atoms with E-state index in [9.17, 15) is 13.2 Å². The van der Waals surface area contributed by atoms with Crippen molar-refractivity contribution in [1.82, 2.24) is 5.32 Å². The molecule has 1 rings (SSSR count). The highest BCUT2D eigenvalue weighted by Crippen LogP contribution is 2.15. The van der Waals surface area contributed by atoms with Crippen LogP contribution < -0.4 is 11.1 Å². The van der Waals surface area contributed by atoms with Crippen molar-refractivity contribution in [2.75, 3.05) is 12.3 Å². The number of carbonyl (C=O) groups is 1. The largest absolute Gasteiger partial charge is 0.353 e. The Balaban J connectivity index is 2.62. The summed E-state index contributed by atoms with van der Waals surface area (Å²) >= 11 is 5.69. The normalized spacial score (nSPS) is 12.2. The summed E-state index contributed by atoms with van der Waals surface area (Å²) in [6.07, 6.45) is 0. The number of nitrogens with one attached hydrogen (secondary N) is 1. The van der Waals surface area contributed by atoms with Crippen LogP contribution in [0.3, 0.4) is 0 Å². The van der Waals surface area contributed by atoms with E-state index < -0.39 is 15.4 Å². The van der Waals surface area contributed by atoms with E-state index in [0.29, 0.717) is 5.02 Å². The number of rotatable bonds is 5. The maximum absolute atomic E-state index is 11.9. The number of hydrogen-bond acceptors (Lipinski definition) is 4. The summed E-state index contributed by atoms with van der Waals surface area (Å²) in [5.41, 5.74) is 4.56. The van der Waals surface area contributed by atoms with Crippen molar-refractivity contribution in [3.63, 3.8) is 0 Å². The summed E-state index contributed by atoms with van der Waals surface area (Å²) < 4.78 is 23.9. The summed E-state index contributed by atoms with van der Waals surface area (Å²) in [5.74, 6) is -0.574. The molecule has 5 nitrogen and oxygen atoms in total. The highest BCUT2D eigenvalue weighted by Gasteiger charge is 2.22. The molecule has 0 aromatic heterocycles. The van der Waals surface area contributed by atoms with Gasteiger partial charge in [0.1, 0.15) is 0 Å². The van der Waals surface area contributed by atoms with Gasteiger partial charge in [0.2, 0.25) is 5.91 Å². The molecule has 0 heterocycles. The molecule has 0 atom stereocenters. The summed E-state index contributed by atoms with van der Waals surface area (Å²) in [5, 5.41) is 2.96. The lowest BCUT2D eigenvalue weighted by molar-refractivity contribution is -0.125. The number of nitrogens with two attached hydrogens (primary N) is 1. The van der Waals surface area contributed by atoms with E-state index in [-0.39, 0.29) is 23.1 Å². The fourth-order valence-corrected chi connectivity index (χ4v) is 2.57. The fraction of sp³-hybridized carbons (Fsp3) is 0.417. The van der Waals surface area contributed by atoms with Gasteiger partial charge in [0.15, 0.2) is 9.84 Å². The molecule has 19 heavy (non-hydrogen) atoms. The smallest absolute Gasteiger partial charge is 0.239 e. The predicted molar refractivity (Wildman–Crippen MR) is 74.8 cm³/mol. The van der Waals surface area contributed by atoms with Gasteiger partial charge in [-0.2, -0.15) is 0 Å². The van der Waals surface area contributed by atoms with Crippen LogP contribution in [0.15, 0.2) is 29.2 Å². The maximum Gasteiger partial charge on any atom is 0.239 e. The van der Waals surface area contributed by atoms with Crippen molar-refractivity contribution < 1.29 is 13.2 Å². The molecular weight excluding hydrogens is 288 g/mol. The Morgan fingerprint density at radius 2 is 1.84 bits per heavy atom. The Kier molecular flexibility index (Phi) is 4.95. The Bertz CT molecular complexity index is 547. The van der Waals surface area contributed by atoms with Gasteiger partial charge in [0, 0.05) is 11.6 Å². The molecule has 0 aliphatic rings. The van der Waals surface area contributed by atoms with Gasteiger partial charge in [-0.3, -0.25) is 4.79 Å². The topological polar surface area (TPSA) is 89.3 Å². The molecule has 0 aliphatic heterocycles. The summed E-state index contributed by atoms with van der Waals surface area (Å²) in [6.45, 7) is 3.12. The van der Waals surface area contributed by atoms with Crippen molar-refractivity contribution in [2.45, 2.75) is 24.3 Å². The molecule has 0 spiro atoms. The second-order valence-electron chi connectivity index (χ2n) is 4.75. The molecule has 106 valence electrons. The van der Waals surface area contributed by atoms with Crippen molar-refractivity contribution >= 4 is 27.3 Å². The average molecular weight is 305 g/mol. The highest BCUT2D eigenvalue weighted by atomic mass is 35.5. The Morgan fingerprint density at radius 1 is 1.32 bits per heavy atom. The molecule has 1 aromatic rings. The average Bonchev–Trinajstić information content (AvgIpc) is 2.28. The van der Waals surface area contributed by atoms with Gasteiger partial charge in [-0.15, -0.1) is 0 Å². The third-order valence-corrected chi connectivity index (χ3v) is 4.40. The van der Waals surface area contributed by atoms with Crippen LogP contribution in [0.4, 0.5) is 0 Å². The van der Waals surface area contributed by atoms with Gasteiger partial charge in [-0.1, -0.05) is 11.6 Å². The summed E-state index contributed by atoms with van der Waals surface area (Å²) in [6, 6.07) is 5.89. The molecule has 0 aliphatic carbocycles. The molecule has 0 bridgehead atoms. The zero-order valence-corrected chi connectivity index (χ0v) is 12.4. The van der Waals surface area contributed by atoms with Crippen molar-refractivity contribution in [1.29, 1.82) is 0 Å². The van der Waals surface area contributed by atoms with E-state index in [1.807, 2.05) is 0 Å². The van der Waals surface area contributed by atoms with Gasteiger partial charge < -0.3 is 11.1 Å². The zero-order valence-electron chi connectivity index (χ0n) is 10.8. The number of amides is 1. The first kappa shape index (κ1) is 15.9. The van der Waals surface area contributed by atoms with Gasteiger partial charge in [-0.25, -0.2) is 8.42 Å². The third kappa shape index (κ3) is 4.81. The molecule has 0 radical (unpaired) electrons. The second kappa shape index (κ2) is 5.90. The van der Waals surface area contributed by atoms with E-state index >= 15 is 0 Å². The number of benzene rings is 1. The molecule has 7 heteroatoms. The van der Waals surface area contributed by atoms with Crippen LogP contribution in [-0.4, -0.2) is 32.2 Å². The van der Waals surface area contributed by atoms with Crippen LogP contribution in [0.25, 0.3) is 0 Å². The van der Waals surface area contributed by atoms with Crippen molar-refractivity contribution in [2.24, 2.45) is 5.73 Å². The van der Waals surface area contributed by atoms with Crippen LogP contribution in [0.1, 0.15) is 13.8 Å². The zero-order chi connectivity index (χ0) is 14.7. The van der Waals surface area contributed by atoms with Gasteiger partial charge >= 0.3 is 0 Å². The van der Waals surface area contributed by atoms with Crippen LogP contribution in [0, 0.1) is 0 Å². The highest BCUT2D eigenvalue weighted by molar-refractivity contribution is 7.91. The molecule has 1 amide bonds. The lowest BCUT2D eigenvalue weighted by Crippen LogP contribution is -2.50. The number of halogens is 1. The van der Waals surface area contributed by atoms with Gasteiger partial charge in [0.05, 0.1) is 16.2 Å². The lowest BCUT2D eigenvalue weighted by atomic mass is 10.1. The first-order valence-electron chi connectivity index (χ1n) is 5.68. The SMILES string of the molecule is CC(C)(N)C(=O)NCCS(=O)(=O)c1ccc(Cl)cc1. The third-order valence-electron chi connectivity index (χ3n) is 2.41. The van der Waals surface area contributed by atoms with Crippen LogP contribution in [0.2, 0.25) is 5.02 Å². The van der Waals surface area contributed by atoms with Crippen LogP contribution in [0.5, 0.6) is 0 Å². The summed E-state index contributed by atoms with van der Waals surface area (Å²) in [4.78, 5) is 11.7. The number of hydrogen-bond donors (Lipinski definition) is 2. The van der Waals surface area contributed by atoms with Crippen LogP contribution in [-0.2, 0) is 14.6 Å². The molecule has 3 N–H and O–H groups in total. The molecule has 0 saturated carbocycles. The minimum atomic E-state index is -3.43. The Hall–Kier alpha value is -1.11. The van der Waals surface area contributed by atoms with E-state index in [1.54, 1.807) is 13.8 Å². The standard InChI is InChI=1S/C12H17ClN2O3S/c1-12(2,14)11(16)15-7-8-19(17,18)10-5-3-9(13)4-6-10/h3-6H,7-8,14H2,1-2H3,(H,15,16). The van der Waals surface area contributed by atoms with E-state index in [0.717, 1.165) is 0 Å². The summed E-state index contributed by atoms with van der Waals surface area (Å²) in [7, 11) is -3.43. The Labute approximate surface area is 118 Å². The van der Waals surface area contributed by atoms with Crippen molar-refractivity contribution in [3.05, 3.63) is 29.3 Å². The number of carbonyl (C=O) groups excluding carboxylic acids is 1. The minimum Gasteiger partial charge on any atom is -0.353 e. The second-order valence-corrected chi connectivity index (χ2v) is 7.30. The lowest BCUT2D eigenvalue weighted by Gasteiger charge is -2.17. The minimum absolute atomic E-state index is 0.0183. The monoisotopic (exact) mass is 304 g/mol. The molecule has 1 aromatic carbocycles.